The van der Waals surface area contributed by atoms with Crippen LogP contribution < -0.4 is 4.74 Å². The molecule has 1 saturated heterocycles. The van der Waals surface area contributed by atoms with Crippen LogP contribution in [-0.2, 0) is 6.42 Å². The minimum atomic E-state index is -1.06. The normalized spacial score (nSPS) is 23.1. The molecule has 0 aromatic heterocycles. The maximum absolute atomic E-state index is 13.3. The van der Waals surface area contributed by atoms with Gasteiger partial charge in [0, 0.05) is 0 Å². The molecule has 1 N–H and O–H groups in total. The minimum absolute atomic E-state index is 0.0177. The van der Waals surface area contributed by atoms with Crippen LogP contribution in [0, 0.1) is 0 Å². The molecule has 1 amide bonds. The van der Waals surface area contributed by atoms with E-state index in [0.29, 0.717) is 6.42 Å². The summed E-state index contributed by atoms with van der Waals surface area (Å²) in [5, 5.41) is 8.82. The van der Waals surface area contributed by atoms with Gasteiger partial charge in [0.1, 0.15) is 11.9 Å². The van der Waals surface area contributed by atoms with Crippen molar-refractivity contribution in [1.82, 2.24) is 4.90 Å². The van der Waals surface area contributed by atoms with Crippen LogP contribution in [0.4, 0.5) is 9.18 Å². The number of hydrogen-bond acceptors (Lipinski definition) is 2. The lowest BCUT2D eigenvalue weighted by atomic mass is 9.94. The second-order valence-corrected chi connectivity index (χ2v) is 4.07. The number of likely N-dealkylation sites (tertiary alicyclic amines) is 1. The van der Waals surface area contributed by atoms with E-state index in [0.717, 1.165) is 16.2 Å². The smallest absolute Gasteiger partial charge is 0.407 e. The molecule has 17 heavy (non-hydrogen) atoms. The van der Waals surface area contributed by atoms with E-state index in [1.807, 2.05) is 12.1 Å². The van der Waals surface area contributed by atoms with Gasteiger partial charge < -0.3 is 9.84 Å². The van der Waals surface area contributed by atoms with Gasteiger partial charge in [-0.05, 0) is 24.1 Å². The summed E-state index contributed by atoms with van der Waals surface area (Å²) in [5.41, 5.74) is 0.907. The molecule has 0 radical (unpaired) electrons. The number of nitrogens with zero attached hydrogens (tertiary/aromatic N) is 1. The molecule has 2 atom stereocenters. The average Bonchev–Trinajstić information content (AvgIpc) is 2.33. The second-order valence-electron chi connectivity index (χ2n) is 4.07. The van der Waals surface area contributed by atoms with E-state index in [1.165, 1.54) is 0 Å². The van der Waals surface area contributed by atoms with Crippen LogP contribution in [0.5, 0.6) is 5.75 Å². The number of benzene rings is 1. The van der Waals surface area contributed by atoms with Crippen molar-refractivity contribution in [1.29, 1.82) is 0 Å². The summed E-state index contributed by atoms with van der Waals surface area (Å²) < 4.78 is 18.3. The lowest BCUT2D eigenvalue weighted by Gasteiger charge is -2.42. The van der Waals surface area contributed by atoms with Crippen molar-refractivity contribution < 1.29 is 19.0 Å². The molecule has 92 valence electrons. The van der Waals surface area contributed by atoms with Crippen LogP contribution in [0.1, 0.15) is 5.56 Å². The Labute approximate surface area is 98.6 Å². The molecule has 0 bridgehead atoms. The molecule has 0 saturated carbocycles. The highest BCUT2D eigenvalue weighted by Gasteiger charge is 2.42. The molecule has 2 unspecified atom stereocenters. The Morgan fingerprint density at radius 1 is 1.53 bits per heavy atom. The van der Waals surface area contributed by atoms with Crippen molar-refractivity contribution in [2.45, 2.75) is 18.6 Å². The Hall–Kier alpha value is -1.78. The van der Waals surface area contributed by atoms with Gasteiger partial charge in [0.05, 0.1) is 19.7 Å². The Bertz CT molecular complexity index is 407. The number of methoxy groups -OCH3 is 1. The molecule has 5 heteroatoms. The largest absolute Gasteiger partial charge is 0.497 e. The highest BCUT2D eigenvalue weighted by Crippen LogP contribution is 2.25. The summed E-state index contributed by atoms with van der Waals surface area (Å²) in [6, 6.07) is 6.66. The number of alkyl halides is 1. The fraction of sp³-hybridized carbons (Fsp3) is 0.417. The van der Waals surface area contributed by atoms with Gasteiger partial charge in [0.25, 0.3) is 0 Å². The third-order valence-corrected chi connectivity index (χ3v) is 3.04. The zero-order valence-corrected chi connectivity index (χ0v) is 9.47. The summed E-state index contributed by atoms with van der Waals surface area (Å²) in [6.45, 7) is -0.0177. The van der Waals surface area contributed by atoms with E-state index < -0.39 is 18.3 Å². The fourth-order valence-corrected chi connectivity index (χ4v) is 1.96. The zero-order valence-electron chi connectivity index (χ0n) is 9.47. The first kappa shape index (κ1) is 11.7. The summed E-state index contributed by atoms with van der Waals surface area (Å²) in [7, 11) is 1.57. The summed E-state index contributed by atoms with van der Waals surface area (Å²) >= 11 is 0. The highest BCUT2D eigenvalue weighted by atomic mass is 19.1. The van der Waals surface area contributed by atoms with Gasteiger partial charge in [0.2, 0.25) is 0 Å². The molecule has 2 rings (SSSR count). The Morgan fingerprint density at radius 3 is 2.65 bits per heavy atom. The number of halogens is 1. The molecule has 1 aliphatic rings. The molecular weight excluding hydrogens is 225 g/mol. The SMILES string of the molecule is COc1ccc(CC2C(F)CN2C(=O)O)cc1. The first-order valence-corrected chi connectivity index (χ1v) is 5.38. The molecule has 1 heterocycles. The topological polar surface area (TPSA) is 49.8 Å². The van der Waals surface area contributed by atoms with Crippen LogP contribution in [0.3, 0.4) is 0 Å². The van der Waals surface area contributed by atoms with E-state index in [4.69, 9.17) is 9.84 Å². The predicted octanol–water partition coefficient (Wildman–Crippen LogP) is 1.94. The van der Waals surface area contributed by atoms with E-state index >= 15 is 0 Å². The zero-order chi connectivity index (χ0) is 12.4. The monoisotopic (exact) mass is 239 g/mol. The van der Waals surface area contributed by atoms with Crippen LogP contribution in [0.15, 0.2) is 24.3 Å². The molecule has 4 nitrogen and oxygen atoms in total. The van der Waals surface area contributed by atoms with Gasteiger partial charge in [0.15, 0.2) is 0 Å². The van der Waals surface area contributed by atoms with Crippen LogP contribution >= 0.6 is 0 Å². The number of ether oxygens (including phenoxy) is 1. The van der Waals surface area contributed by atoms with Gasteiger partial charge in [-0.3, -0.25) is 4.90 Å². The lowest BCUT2D eigenvalue weighted by molar-refractivity contribution is 0.00242. The van der Waals surface area contributed by atoms with Crippen LogP contribution in [0.2, 0.25) is 0 Å². The Kier molecular flexibility index (Phi) is 3.17. The molecule has 1 fully saturated rings. The molecule has 0 aliphatic carbocycles. The maximum atomic E-state index is 13.3. The molecule has 0 spiro atoms. The lowest BCUT2D eigenvalue weighted by Crippen LogP contribution is -2.60. The third kappa shape index (κ3) is 2.33. The average molecular weight is 239 g/mol. The molecular formula is C12H14FNO3. The fourth-order valence-electron chi connectivity index (χ4n) is 1.96. The number of carbonyl (C=O) groups is 1. The van der Waals surface area contributed by atoms with Crippen molar-refractivity contribution in [3.8, 4) is 5.75 Å². The Morgan fingerprint density at radius 2 is 2.18 bits per heavy atom. The second kappa shape index (κ2) is 4.61. The first-order chi connectivity index (χ1) is 8.11. The first-order valence-electron chi connectivity index (χ1n) is 5.38. The van der Waals surface area contributed by atoms with E-state index in [-0.39, 0.29) is 6.54 Å². The summed E-state index contributed by atoms with van der Waals surface area (Å²) in [5.74, 6) is 0.731. The van der Waals surface area contributed by atoms with Gasteiger partial charge in [-0.15, -0.1) is 0 Å². The number of amides is 1. The molecule has 1 aliphatic heterocycles. The Balaban J connectivity index is 2.02. The van der Waals surface area contributed by atoms with Crippen molar-refractivity contribution in [2.75, 3.05) is 13.7 Å². The van der Waals surface area contributed by atoms with E-state index in [9.17, 15) is 9.18 Å². The van der Waals surface area contributed by atoms with Crippen LogP contribution in [0.25, 0.3) is 0 Å². The van der Waals surface area contributed by atoms with Gasteiger partial charge in [-0.25, -0.2) is 9.18 Å². The molecule has 1 aromatic rings. The predicted molar refractivity (Wildman–Crippen MR) is 60.1 cm³/mol. The number of hydrogen-bond donors (Lipinski definition) is 1. The quantitative estimate of drug-likeness (QED) is 0.876. The summed E-state index contributed by atoms with van der Waals surface area (Å²) in [4.78, 5) is 11.9. The van der Waals surface area contributed by atoms with E-state index in [1.54, 1.807) is 19.2 Å². The summed E-state index contributed by atoms with van der Waals surface area (Å²) in [6.07, 6.45) is -1.72. The standard InChI is InChI=1S/C12H14FNO3/c1-17-9-4-2-8(3-5-9)6-11-10(13)7-14(11)12(15)16/h2-5,10-11H,6-7H2,1H3,(H,15,16). The van der Waals surface area contributed by atoms with Gasteiger partial charge in [-0.1, -0.05) is 12.1 Å². The van der Waals surface area contributed by atoms with Crippen molar-refractivity contribution >= 4 is 6.09 Å². The van der Waals surface area contributed by atoms with Crippen molar-refractivity contribution in [2.24, 2.45) is 0 Å². The third-order valence-electron chi connectivity index (χ3n) is 3.04. The van der Waals surface area contributed by atoms with E-state index in [2.05, 4.69) is 0 Å². The van der Waals surface area contributed by atoms with Crippen molar-refractivity contribution in [3.05, 3.63) is 29.8 Å². The van der Waals surface area contributed by atoms with Crippen LogP contribution in [-0.4, -0.2) is 42.0 Å². The maximum Gasteiger partial charge on any atom is 0.407 e. The van der Waals surface area contributed by atoms with Crippen molar-refractivity contribution in [3.63, 3.8) is 0 Å². The van der Waals surface area contributed by atoms with Gasteiger partial charge >= 0.3 is 6.09 Å². The molecule has 1 aromatic carbocycles. The highest BCUT2D eigenvalue weighted by molar-refractivity contribution is 5.67. The van der Waals surface area contributed by atoms with Gasteiger partial charge in [-0.2, -0.15) is 0 Å². The minimum Gasteiger partial charge on any atom is -0.497 e. The number of rotatable bonds is 3. The number of carboxylic acid groups (broad SMARTS) is 1.